The second kappa shape index (κ2) is 11.4. The van der Waals surface area contributed by atoms with Gasteiger partial charge in [-0.3, -0.25) is 19.7 Å². The van der Waals surface area contributed by atoms with Gasteiger partial charge >= 0.3 is 0 Å². The summed E-state index contributed by atoms with van der Waals surface area (Å²) in [6, 6.07) is 20.9. The molecule has 0 saturated heterocycles. The van der Waals surface area contributed by atoms with E-state index in [1.54, 1.807) is 41.3 Å². The van der Waals surface area contributed by atoms with Crippen LogP contribution in [0.25, 0.3) is 0 Å². The molecular weight excluding hydrogens is 434 g/mol. The highest BCUT2D eigenvalue weighted by Gasteiger charge is 2.18. The summed E-state index contributed by atoms with van der Waals surface area (Å²) in [5.74, 6) is -0.635. The molecule has 9 heteroatoms. The number of nitrogens with one attached hydrogen (secondary N) is 1. The molecule has 0 heterocycles. The molecule has 0 unspecified atom stereocenters. The Labute approximate surface area is 196 Å². The number of nitrogens with zero attached hydrogens (tertiary/aromatic N) is 3. The second-order valence-corrected chi connectivity index (χ2v) is 7.47. The van der Waals surface area contributed by atoms with Crippen molar-refractivity contribution in [3.05, 3.63) is 105 Å². The number of non-ortho nitro benzene ring substituents is 1. The van der Waals surface area contributed by atoms with Crippen LogP contribution in [0.3, 0.4) is 0 Å². The number of carbonyl (C=O) groups excluding carboxylic acids is 2. The Morgan fingerprint density at radius 1 is 1.00 bits per heavy atom. The molecule has 3 rings (SSSR count). The molecule has 3 aromatic rings. The third-order valence-corrected chi connectivity index (χ3v) is 5.15. The number of nitro benzene ring substituents is 1. The number of benzene rings is 3. The molecule has 172 valence electrons. The summed E-state index contributed by atoms with van der Waals surface area (Å²) in [6.07, 6.45) is 0.597. The zero-order valence-electron chi connectivity index (χ0n) is 18.3. The van der Waals surface area contributed by atoms with E-state index >= 15 is 0 Å². The second-order valence-electron chi connectivity index (χ2n) is 7.47. The number of rotatable bonds is 9. The largest absolute Gasteiger partial charge is 0.334 e. The normalized spacial score (nSPS) is 10.2. The van der Waals surface area contributed by atoms with Crippen molar-refractivity contribution in [3.8, 4) is 6.07 Å². The Bertz CT molecular complexity index is 1220. The number of nitrogens with two attached hydrogens (primary N) is 1. The van der Waals surface area contributed by atoms with Crippen LogP contribution in [0, 0.1) is 21.4 Å². The molecule has 0 aliphatic rings. The Morgan fingerprint density at radius 3 is 2.26 bits per heavy atom. The van der Waals surface area contributed by atoms with Gasteiger partial charge in [-0.05, 0) is 61.0 Å². The van der Waals surface area contributed by atoms with Gasteiger partial charge in [-0.2, -0.15) is 5.26 Å². The third-order valence-electron chi connectivity index (χ3n) is 5.15. The standard InChI is InChI=1S/C25H23N5O4/c26-14-3-15-29(25(32)20-8-6-18(16-27)7-9-20)17-21-4-1-2-5-23(21)28-24(31)19-10-12-22(13-11-19)30(33)34/h1-2,4-13H,3,14-15,17,26H2,(H,28,31). The van der Waals surface area contributed by atoms with E-state index in [2.05, 4.69) is 5.32 Å². The number of anilines is 1. The molecule has 0 bridgehead atoms. The van der Waals surface area contributed by atoms with Crippen molar-refractivity contribution in [1.82, 2.24) is 4.90 Å². The predicted octanol–water partition coefficient (Wildman–Crippen LogP) is 3.71. The predicted molar refractivity (Wildman–Crippen MR) is 127 cm³/mol. The van der Waals surface area contributed by atoms with Crippen molar-refractivity contribution in [1.29, 1.82) is 5.26 Å². The van der Waals surface area contributed by atoms with Gasteiger partial charge in [0.2, 0.25) is 0 Å². The van der Waals surface area contributed by atoms with Crippen molar-refractivity contribution in [3.63, 3.8) is 0 Å². The summed E-state index contributed by atoms with van der Waals surface area (Å²) in [7, 11) is 0. The fourth-order valence-corrected chi connectivity index (χ4v) is 3.32. The Morgan fingerprint density at radius 2 is 1.65 bits per heavy atom. The minimum atomic E-state index is -0.530. The molecule has 0 radical (unpaired) electrons. The zero-order valence-corrected chi connectivity index (χ0v) is 18.3. The van der Waals surface area contributed by atoms with Gasteiger partial charge in [-0.15, -0.1) is 0 Å². The molecule has 0 spiro atoms. The maximum atomic E-state index is 13.2. The van der Waals surface area contributed by atoms with Gasteiger partial charge in [0.15, 0.2) is 0 Å². The molecule has 0 fully saturated rings. The van der Waals surface area contributed by atoms with Gasteiger partial charge in [-0.25, -0.2) is 0 Å². The topological polar surface area (TPSA) is 142 Å². The first kappa shape index (κ1) is 24.1. The summed E-state index contributed by atoms with van der Waals surface area (Å²) >= 11 is 0. The highest BCUT2D eigenvalue weighted by atomic mass is 16.6. The fourth-order valence-electron chi connectivity index (χ4n) is 3.32. The number of para-hydroxylation sites is 1. The van der Waals surface area contributed by atoms with Crippen LogP contribution in [0.15, 0.2) is 72.8 Å². The number of carbonyl (C=O) groups is 2. The average Bonchev–Trinajstić information content (AvgIpc) is 2.87. The van der Waals surface area contributed by atoms with E-state index in [0.717, 1.165) is 5.56 Å². The maximum absolute atomic E-state index is 13.2. The van der Waals surface area contributed by atoms with Crippen molar-refractivity contribution < 1.29 is 14.5 Å². The van der Waals surface area contributed by atoms with Crippen LogP contribution >= 0.6 is 0 Å². The van der Waals surface area contributed by atoms with E-state index in [9.17, 15) is 19.7 Å². The van der Waals surface area contributed by atoms with Gasteiger partial charge < -0.3 is 16.0 Å². The highest BCUT2D eigenvalue weighted by molar-refractivity contribution is 6.04. The summed E-state index contributed by atoms with van der Waals surface area (Å²) < 4.78 is 0. The van der Waals surface area contributed by atoms with Crippen LogP contribution in [0.2, 0.25) is 0 Å². The van der Waals surface area contributed by atoms with Crippen molar-refractivity contribution >= 4 is 23.2 Å². The first-order valence-electron chi connectivity index (χ1n) is 10.6. The molecule has 9 nitrogen and oxygen atoms in total. The van der Waals surface area contributed by atoms with E-state index in [1.165, 1.54) is 24.3 Å². The van der Waals surface area contributed by atoms with E-state index in [4.69, 9.17) is 11.0 Å². The quantitative estimate of drug-likeness (QED) is 0.370. The average molecular weight is 457 g/mol. The number of nitro groups is 1. The van der Waals surface area contributed by atoms with Crippen molar-refractivity contribution in [2.24, 2.45) is 5.73 Å². The van der Waals surface area contributed by atoms with Gasteiger partial charge in [0.25, 0.3) is 17.5 Å². The monoisotopic (exact) mass is 457 g/mol. The van der Waals surface area contributed by atoms with Crippen LogP contribution in [0.4, 0.5) is 11.4 Å². The Kier molecular flexibility index (Phi) is 8.05. The number of hydrogen-bond donors (Lipinski definition) is 2. The molecule has 2 amide bonds. The molecule has 0 aliphatic heterocycles. The van der Waals surface area contributed by atoms with Crippen LogP contribution < -0.4 is 11.1 Å². The summed E-state index contributed by atoms with van der Waals surface area (Å²) in [5.41, 5.74) is 7.99. The fraction of sp³-hybridized carbons (Fsp3) is 0.160. The first-order chi connectivity index (χ1) is 16.4. The van der Waals surface area contributed by atoms with E-state index in [-0.39, 0.29) is 23.7 Å². The van der Waals surface area contributed by atoms with E-state index < -0.39 is 10.8 Å². The molecule has 34 heavy (non-hydrogen) atoms. The van der Waals surface area contributed by atoms with Crippen LogP contribution in [-0.4, -0.2) is 34.7 Å². The minimum Gasteiger partial charge on any atom is -0.334 e. The Hall–Kier alpha value is -4.55. The summed E-state index contributed by atoms with van der Waals surface area (Å²) in [4.78, 5) is 37.8. The molecule has 0 saturated carbocycles. The first-order valence-corrected chi connectivity index (χ1v) is 10.6. The Balaban J connectivity index is 1.80. The lowest BCUT2D eigenvalue weighted by Crippen LogP contribution is -2.33. The molecule has 0 aliphatic carbocycles. The van der Waals surface area contributed by atoms with E-state index in [0.29, 0.717) is 36.3 Å². The summed E-state index contributed by atoms with van der Waals surface area (Å²) in [5, 5.41) is 22.6. The lowest BCUT2D eigenvalue weighted by atomic mass is 10.1. The maximum Gasteiger partial charge on any atom is 0.269 e. The van der Waals surface area contributed by atoms with Crippen molar-refractivity contribution in [2.45, 2.75) is 13.0 Å². The van der Waals surface area contributed by atoms with Gasteiger partial charge in [-0.1, -0.05) is 18.2 Å². The van der Waals surface area contributed by atoms with Crippen molar-refractivity contribution in [2.75, 3.05) is 18.4 Å². The SMILES string of the molecule is N#Cc1ccc(C(=O)N(CCCN)Cc2ccccc2NC(=O)c2ccc([N+](=O)[O-])cc2)cc1. The molecule has 3 aromatic carbocycles. The zero-order chi connectivity index (χ0) is 24.5. The van der Waals surface area contributed by atoms with Crippen LogP contribution in [-0.2, 0) is 6.54 Å². The third kappa shape index (κ3) is 6.03. The molecule has 0 atom stereocenters. The summed E-state index contributed by atoms with van der Waals surface area (Å²) in [6.45, 7) is 1.06. The van der Waals surface area contributed by atoms with Gasteiger partial charge in [0, 0.05) is 42.0 Å². The van der Waals surface area contributed by atoms with Crippen LogP contribution in [0.5, 0.6) is 0 Å². The molecular formula is C25H23N5O4. The number of hydrogen-bond acceptors (Lipinski definition) is 6. The lowest BCUT2D eigenvalue weighted by molar-refractivity contribution is -0.384. The van der Waals surface area contributed by atoms with Gasteiger partial charge in [0.1, 0.15) is 0 Å². The number of nitriles is 1. The lowest BCUT2D eigenvalue weighted by Gasteiger charge is -2.24. The molecule has 0 aromatic heterocycles. The van der Waals surface area contributed by atoms with Crippen LogP contribution in [0.1, 0.15) is 38.3 Å². The van der Waals surface area contributed by atoms with E-state index in [1.807, 2.05) is 18.2 Å². The number of amides is 2. The van der Waals surface area contributed by atoms with Gasteiger partial charge in [0.05, 0.1) is 16.6 Å². The minimum absolute atomic E-state index is 0.103. The molecule has 3 N–H and O–H groups in total. The smallest absolute Gasteiger partial charge is 0.269 e. The highest BCUT2D eigenvalue weighted by Crippen LogP contribution is 2.21.